The van der Waals surface area contributed by atoms with Crippen LogP contribution < -0.4 is 58.7 Å². The highest BCUT2D eigenvalue weighted by molar-refractivity contribution is 8.76. The monoisotopic (exact) mass is 1310 g/mol. The first-order chi connectivity index (χ1) is 43.8. The number of hydrogen-bond donors (Lipinski definition) is 15. The van der Waals surface area contributed by atoms with Crippen molar-refractivity contribution in [2.45, 2.75) is 126 Å². The van der Waals surface area contributed by atoms with E-state index in [0.717, 1.165) is 28.5 Å². The fourth-order valence-electron chi connectivity index (χ4n) is 11.1. The smallest absolute Gasteiger partial charge is 0.340 e. The summed E-state index contributed by atoms with van der Waals surface area (Å²) >= 11 is 0. The summed E-state index contributed by atoms with van der Waals surface area (Å²) in [6, 6.07) is 7.52. The van der Waals surface area contributed by atoms with Crippen LogP contribution in [0, 0.1) is 5.92 Å². The maximum Gasteiger partial charge on any atom is 0.340 e. The molecular formula is C61H73N11O18S2. The number of carbonyl (C=O) groups excluding carboxylic acids is 11. The van der Waals surface area contributed by atoms with Crippen molar-refractivity contribution >= 4 is 86.6 Å². The molecule has 1 spiro atoms. The molecule has 10 atom stereocenters. The molecule has 0 saturated carbocycles. The second-order valence-corrected chi connectivity index (χ2v) is 25.1. The summed E-state index contributed by atoms with van der Waals surface area (Å²) in [6.45, 7) is 4.22. The molecule has 2 saturated heterocycles. The van der Waals surface area contributed by atoms with E-state index in [1.165, 1.54) is 83.8 Å². The molecular weight excluding hydrogens is 1240 g/mol. The number of carbonyl (C=O) groups is 11. The van der Waals surface area contributed by atoms with Gasteiger partial charge in [-0.05, 0) is 105 Å². The zero-order valence-electron chi connectivity index (χ0n) is 50.2. The van der Waals surface area contributed by atoms with Crippen molar-refractivity contribution in [2.24, 2.45) is 17.4 Å². The van der Waals surface area contributed by atoms with Crippen LogP contribution in [0.15, 0.2) is 78.9 Å². The Morgan fingerprint density at radius 3 is 2.02 bits per heavy atom. The number of primary amides is 1. The van der Waals surface area contributed by atoms with Gasteiger partial charge in [-0.3, -0.25) is 47.9 Å². The quantitative estimate of drug-likeness (QED) is 0.0278. The topological polar surface area (TPSA) is 459 Å². The Morgan fingerprint density at radius 2 is 1.38 bits per heavy atom. The van der Waals surface area contributed by atoms with Crippen molar-refractivity contribution in [3.05, 3.63) is 112 Å². The highest BCUT2D eigenvalue weighted by Gasteiger charge is 2.54. The highest BCUT2D eigenvalue weighted by atomic mass is 33.1. The summed E-state index contributed by atoms with van der Waals surface area (Å²) in [4.78, 5) is 154. The van der Waals surface area contributed by atoms with Gasteiger partial charge in [0.1, 0.15) is 77.1 Å². The van der Waals surface area contributed by atoms with E-state index in [2.05, 4.69) is 42.5 Å². The first kappa shape index (κ1) is 68.7. The number of rotatable bonds is 17. The number of unbranched alkanes of at least 4 members (excludes halogenated alkanes) is 1. The number of phenolic OH excluding ortho intramolecular Hbond substituents is 3. The molecule has 10 amide bonds. The minimum atomic E-state index is -1.83. The minimum absolute atomic E-state index is 0.0209. The molecule has 2 fully saturated rings. The highest BCUT2D eigenvalue weighted by Crippen LogP contribution is 2.57. The predicted octanol–water partition coefficient (Wildman–Crippen LogP) is -0.365. The maximum atomic E-state index is 14.8. The lowest BCUT2D eigenvalue weighted by Crippen LogP contribution is -2.62. The molecule has 31 heteroatoms. The molecule has 0 radical (unpaired) electrons. The fraction of sp³-hybridized carbons (Fsp3) is 0.426. The number of likely N-dealkylation sites (tertiary alicyclic amines) is 1. The first-order valence-electron chi connectivity index (χ1n) is 29.6. The van der Waals surface area contributed by atoms with E-state index in [0.29, 0.717) is 16.7 Å². The van der Waals surface area contributed by atoms with Gasteiger partial charge in [-0.25, -0.2) is 4.79 Å². The van der Waals surface area contributed by atoms with Crippen LogP contribution in [0.4, 0.5) is 0 Å². The lowest BCUT2D eigenvalue weighted by molar-refractivity contribution is -0.142. The Labute approximate surface area is 535 Å². The van der Waals surface area contributed by atoms with Crippen LogP contribution in [0.25, 0.3) is 0 Å². The summed E-state index contributed by atoms with van der Waals surface area (Å²) < 4.78 is 12.1. The maximum absolute atomic E-state index is 14.8. The fourth-order valence-corrected chi connectivity index (χ4v) is 13.3. The van der Waals surface area contributed by atoms with Gasteiger partial charge in [0, 0.05) is 59.0 Å². The number of fused-ring (bicyclic) bond motifs is 6. The molecule has 4 aliphatic heterocycles. The van der Waals surface area contributed by atoms with Gasteiger partial charge in [-0.15, -0.1) is 0 Å². The van der Waals surface area contributed by atoms with Gasteiger partial charge in [0.05, 0.1) is 24.8 Å². The summed E-state index contributed by atoms with van der Waals surface area (Å²) in [5, 5.41) is 73.0. The second kappa shape index (κ2) is 30.3. The molecule has 492 valence electrons. The average Bonchev–Trinajstić information content (AvgIpc) is 1.46. The van der Waals surface area contributed by atoms with Crippen LogP contribution in [0.3, 0.4) is 0 Å². The molecule has 3 unspecified atom stereocenters. The van der Waals surface area contributed by atoms with E-state index < -0.39 is 137 Å². The Kier molecular flexibility index (Phi) is 22.6. The van der Waals surface area contributed by atoms with E-state index in [1.807, 2.05) is 0 Å². The number of amides is 10. The zero-order valence-corrected chi connectivity index (χ0v) is 51.9. The van der Waals surface area contributed by atoms with E-state index in [9.17, 15) is 78.3 Å². The standard InChI is InChI=1S/C61H73N11O18S2/c1-4-29(2)48-56(84)70-49(30(3)73)57(85)67-41(25-47(63)78)53(81)68-42(26-91-92-27-44(77)55(83)71-50(58(86)69-48)31-10-13-33(74)14-11-31)59(87)72-21-7-9-43(72)54(82)66-40(52(80)65-28-62)8-5-6-20-64-51(79)32-12-17-36-39(22-32)61(90-60(36)88)37-18-15-34(75)23-45(37)89-46-24-35(76)16-19-38(46)61/h10-19,22-24,29-30,40-44,48-50,73-77H,4-9,20-21,25-28,62H2,1-3H3,(H2,63,78)(H,64,79)(H,65,80)(H,66,82)(H,67,85)(H,68,81)(H,69,86)(H,70,84)(H,71,83)/t29?,30?,40-,41+,42+,43+,44?,48+,49+,50-/m0/s1. The van der Waals surface area contributed by atoms with Gasteiger partial charge in [0.25, 0.3) is 11.8 Å². The molecule has 8 rings (SSSR count). The molecule has 4 aromatic carbocycles. The summed E-state index contributed by atoms with van der Waals surface area (Å²) in [6.07, 6.45) is -3.11. The van der Waals surface area contributed by atoms with E-state index in [-0.39, 0.29) is 115 Å². The molecule has 4 heterocycles. The minimum Gasteiger partial charge on any atom is -0.508 e. The van der Waals surface area contributed by atoms with Crippen molar-refractivity contribution in [3.63, 3.8) is 0 Å². The van der Waals surface area contributed by atoms with Gasteiger partial charge < -0.3 is 93.9 Å². The van der Waals surface area contributed by atoms with Crippen molar-refractivity contribution in [1.29, 1.82) is 0 Å². The molecule has 4 aromatic rings. The van der Waals surface area contributed by atoms with E-state index in [1.54, 1.807) is 13.8 Å². The Morgan fingerprint density at radius 1 is 0.739 bits per heavy atom. The van der Waals surface area contributed by atoms with Gasteiger partial charge in [-0.2, -0.15) is 0 Å². The Bertz CT molecular complexity index is 3450. The molecule has 29 nitrogen and oxygen atoms in total. The third-order valence-corrected chi connectivity index (χ3v) is 18.5. The lowest BCUT2D eigenvalue weighted by atomic mass is 9.77. The second-order valence-electron chi connectivity index (χ2n) is 22.6. The number of nitrogens with two attached hydrogens (primary N) is 2. The Balaban J connectivity index is 0.958. The van der Waals surface area contributed by atoms with Crippen molar-refractivity contribution < 1.29 is 87.7 Å². The largest absolute Gasteiger partial charge is 0.508 e. The molecule has 4 aliphatic rings. The number of esters is 1. The Hall–Kier alpha value is -9.17. The van der Waals surface area contributed by atoms with Gasteiger partial charge >= 0.3 is 5.97 Å². The zero-order chi connectivity index (χ0) is 66.7. The average molecular weight is 1310 g/mol. The molecule has 92 heavy (non-hydrogen) atoms. The third kappa shape index (κ3) is 15.8. The predicted molar refractivity (Wildman–Crippen MR) is 331 cm³/mol. The van der Waals surface area contributed by atoms with Crippen molar-refractivity contribution in [1.82, 2.24) is 47.4 Å². The first-order valence-corrected chi connectivity index (χ1v) is 32.1. The molecule has 0 aliphatic carbocycles. The van der Waals surface area contributed by atoms with E-state index >= 15 is 0 Å². The number of aliphatic hydroxyl groups excluding tert-OH is 2. The van der Waals surface area contributed by atoms with Crippen molar-refractivity contribution in [3.8, 4) is 28.7 Å². The number of benzene rings is 4. The third-order valence-electron chi connectivity index (χ3n) is 16.1. The van der Waals surface area contributed by atoms with Crippen molar-refractivity contribution in [2.75, 3.05) is 31.3 Å². The van der Waals surface area contributed by atoms with Crippen LogP contribution in [-0.4, -0.2) is 175 Å². The van der Waals surface area contributed by atoms with Crippen LogP contribution >= 0.6 is 21.6 Å². The molecule has 0 aromatic heterocycles. The number of ether oxygens (including phenoxy) is 2. The van der Waals surface area contributed by atoms with E-state index in [4.69, 9.17) is 20.9 Å². The summed E-state index contributed by atoms with van der Waals surface area (Å²) in [7, 11) is 1.78. The number of nitrogens with one attached hydrogen (secondary N) is 8. The normalized spacial score (nSPS) is 22.8. The van der Waals surface area contributed by atoms with Gasteiger partial charge in [0.2, 0.25) is 47.3 Å². The number of phenols is 3. The molecule has 0 bridgehead atoms. The number of nitrogens with zero attached hydrogens (tertiary/aromatic N) is 1. The van der Waals surface area contributed by atoms with Crippen LogP contribution in [0.2, 0.25) is 0 Å². The SMILES string of the molecule is CCC(C)[C@H]1NC(=O)[C@H](c2ccc(O)cc2)NC(=O)C(O)CSSC[C@H](C(=O)N2CCC[C@@H]2C(=O)N[C@@H](CCCCNC(=O)c2ccc3c(c2)C2(OC3=O)c3ccc(O)cc3Oc3cc(O)ccc32)C(=O)NCN)NC(=O)[C@@H](CC(N)=O)NC(=O)[C@@H](C(C)O)NC1=O. The number of hydrogen-bond acceptors (Lipinski definition) is 21. The molecule has 17 N–H and O–H groups in total. The van der Waals surface area contributed by atoms with Gasteiger partial charge in [0.15, 0.2) is 5.60 Å². The van der Waals surface area contributed by atoms with Crippen LogP contribution in [-0.2, 0) is 53.5 Å². The van der Waals surface area contributed by atoms with Gasteiger partial charge in [-0.1, -0.05) is 54.0 Å². The summed E-state index contributed by atoms with van der Waals surface area (Å²) in [5.41, 5.74) is 11.1. The summed E-state index contributed by atoms with van der Waals surface area (Å²) in [5.74, 6) is -11.3. The lowest BCUT2D eigenvalue weighted by Gasteiger charge is -2.36. The number of aromatic hydroxyl groups is 3. The van der Waals surface area contributed by atoms with Crippen LogP contribution in [0.5, 0.6) is 28.7 Å². The number of aliphatic hydroxyl groups is 2. The van der Waals surface area contributed by atoms with Crippen LogP contribution in [0.1, 0.15) is 115 Å².